The lowest BCUT2D eigenvalue weighted by Gasteiger charge is -2.21. The summed E-state index contributed by atoms with van der Waals surface area (Å²) >= 11 is 5.75. The van der Waals surface area contributed by atoms with E-state index in [1.807, 2.05) is 43.2 Å². The van der Waals surface area contributed by atoms with Gasteiger partial charge >= 0.3 is 11.9 Å². The zero-order chi connectivity index (χ0) is 31.6. The van der Waals surface area contributed by atoms with Gasteiger partial charge < -0.3 is 14.4 Å². The van der Waals surface area contributed by atoms with E-state index in [2.05, 4.69) is 13.8 Å². The zero-order valence-corrected chi connectivity index (χ0v) is 31.1. The lowest BCUT2D eigenvalue weighted by molar-refractivity contribution is -0.147. The van der Waals surface area contributed by atoms with Crippen molar-refractivity contribution in [3.05, 3.63) is 0 Å². The molecule has 0 radical (unpaired) electrons. The van der Waals surface area contributed by atoms with Gasteiger partial charge in [0.1, 0.15) is 19.1 Å². The Morgan fingerprint density at radius 3 is 1.23 bits per heavy atom. The third-order valence-electron chi connectivity index (χ3n) is 6.84. The third-order valence-corrected chi connectivity index (χ3v) is 12.2. The van der Waals surface area contributed by atoms with Crippen molar-refractivity contribution in [2.45, 2.75) is 129 Å². The number of unbranched alkanes of at least 4 members (excludes halogenated alkanes) is 14. The molecule has 1 amide bonds. The molecule has 0 bridgehead atoms. The molecule has 0 saturated carbocycles. The standard InChI is InChI=1S/C32H60ClNO5S4/c1-3-40-42-27-19-15-11-7-5-9-13-17-21-31(36)38-25-23-34(30(35)29-33)24-26-39-32(37)22-18-14-10-6-8-12-16-20-28-43-41-4-2/h3-29H2,1-2H3. The fraction of sp³-hybridized carbons (Fsp3) is 0.906. The first-order valence-corrected chi connectivity index (χ1v) is 22.2. The Hall–Kier alpha value is 0.1000. The maximum absolute atomic E-state index is 12.2. The molecule has 0 aromatic heterocycles. The van der Waals surface area contributed by atoms with Crippen LogP contribution < -0.4 is 0 Å². The van der Waals surface area contributed by atoms with E-state index in [0.717, 1.165) is 38.5 Å². The van der Waals surface area contributed by atoms with Crippen molar-refractivity contribution in [2.24, 2.45) is 0 Å². The SMILES string of the molecule is CCSSCCCCCCCCCCC(=O)OCCN(CCOC(=O)CCCCCCCCCCSSCC)C(=O)CCl. The third kappa shape index (κ3) is 31.9. The fourth-order valence-corrected chi connectivity index (χ4v) is 8.19. The van der Waals surface area contributed by atoms with Crippen LogP contribution in [0.15, 0.2) is 0 Å². The molecule has 0 spiro atoms. The summed E-state index contributed by atoms with van der Waals surface area (Å²) in [5, 5.41) is 0. The Morgan fingerprint density at radius 1 is 0.535 bits per heavy atom. The molecule has 0 unspecified atom stereocenters. The zero-order valence-electron chi connectivity index (χ0n) is 27.1. The van der Waals surface area contributed by atoms with Gasteiger partial charge in [0.2, 0.25) is 5.91 Å². The highest BCUT2D eigenvalue weighted by atomic mass is 35.5. The molecule has 0 heterocycles. The molecule has 11 heteroatoms. The average Bonchev–Trinajstić information content (AvgIpc) is 3.01. The number of nitrogens with zero attached hydrogens (tertiary/aromatic N) is 1. The summed E-state index contributed by atoms with van der Waals surface area (Å²) in [5.41, 5.74) is 0. The van der Waals surface area contributed by atoms with Crippen LogP contribution in [0, 0.1) is 0 Å². The van der Waals surface area contributed by atoms with Gasteiger partial charge in [-0.3, -0.25) is 14.4 Å². The second-order valence-corrected chi connectivity index (χ2v) is 16.6. The first-order chi connectivity index (χ1) is 21.0. The number of halogens is 1. The van der Waals surface area contributed by atoms with Crippen LogP contribution in [0.4, 0.5) is 0 Å². The van der Waals surface area contributed by atoms with Crippen molar-refractivity contribution >= 4 is 72.6 Å². The van der Waals surface area contributed by atoms with Crippen molar-refractivity contribution in [1.82, 2.24) is 4.90 Å². The van der Waals surface area contributed by atoms with Crippen LogP contribution in [0.25, 0.3) is 0 Å². The van der Waals surface area contributed by atoms with E-state index in [0.29, 0.717) is 12.8 Å². The topological polar surface area (TPSA) is 72.9 Å². The van der Waals surface area contributed by atoms with Crippen molar-refractivity contribution in [3.63, 3.8) is 0 Å². The highest BCUT2D eigenvalue weighted by molar-refractivity contribution is 8.77. The summed E-state index contributed by atoms with van der Waals surface area (Å²) in [6.07, 6.45) is 19.7. The summed E-state index contributed by atoms with van der Waals surface area (Å²) < 4.78 is 10.7. The molecule has 0 aromatic carbocycles. The summed E-state index contributed by atoms with van der Waals surface area (Å²) in [4.78, 5) is 37.8. The van der Waals surface area contributed by atoms with Gasteiger partial charge in [-0.25, -0.2) is 0 Å². The number of ether oxygens (including phenoxy) is 2. The van der Waals surface area contributed by atoms with E-state index >= 15 is 0 Å². The maximum Gasteiger partial charge on any atom is 0.305 e. The van der Waals surface area contributed by atoms with Gasteiger partial charge in [-0.1, -0.05) is 134 Å². The van der Waals surface area contributed by atoms with Gasteiger partial charge in [-0.05, 0) is 25.7 Å². The first kappa shape index (κ1) is 43.1. The molecule has 0 saturated heterocycles. The average molecular weight is 703 g/mol. The maximum atomic E-state index is 12.2. The van der Waals surface area contributed by atoms with E-state index in [1.54, 1.807) is 0 Å². The van der Waals surface area contributed by atoms with Crippen molar-refractivity contribution in [1.29, 1.82) is 0 Å². The summed E-state index contributed by atoms with van der Waals surface area (Å²) in [5.74, 6) is 4.00. The minimum Gasteiger partial charge on any atom is -0.464 e. The molecule has 0 aliphatic carbocycles. The van der Waals surface area contributed by atoms with Gasteiger partial charge in [0.05, 0.1) is 13.1 Å². The normalized spacial score (nSPS) is 11.0. The summed E-state index contributed by atoms with van der Waals surface area (Å²) in [6, 6.07) is 0. The van der Waals surface area contributed by atoms with Crippen LogP contribution in [-0.2, 0) is 23.9 Å². The summed E-state index contributed by atoms with van der Waals surface area (Å²) in [6.45, 7) is 5.14. The second kappa shape index (κ2) is 35.0. The number of hydrogen-bond acceptors (Lipinski definition) is 9. The first-order valence-electron chi connectivity index (χ1n) is 16.7. The Balaban J connectivity index is 3.74. The van der Waals surface area contributed by atoms with E-state index < -0.39 is 0 Å². The van der Waals surface area contributed by atoms with Crippen LogP contribution >= 0.6 is 54.8 Å². The van der Waals surface area contributed by atoms with Gasteiger partial charge in [0.25, 0.3) is 0 Å². The molecule has 6 nitrogen and oxygen atoms in total. The molecule has 0 aliphatic rings. The summed E-state index contributed by atoms with van der Waals surface area (Å²) in [7, 11) is 7.85. The van der Waals surface area contributed by atoms with Crippen LogP contribution in [-0.4, -0.2) is 77.9 Å². The fourth-order valence-electron chi connectivity index (χ4n) is 4.40. The molecule has 0 aliphatic heterocycles. The van der Waals surface area contributed by atoms with Crippen molar-refractivity contribution < 1.29 is 23.9 Å². The van der Waals surface area contributed by atoms with Gasteiger partial charge in [-0.2, -0.15) is 0 Å². The van der Waals surface area contributed by atoms with E-state index in [4.69, 9.17) is 21.1 Å². The van der Waals surface area contributed by atoms with Crippen molar-refractivity contribution in [3.8, 4) is 0 Å². The molecule has 0 aromatic rings. The van der Waals surface area contributed by atoms with Crippen LogP contribution in [0.5, 0.6) is 0 Å². The molecule has 43 heavy (non-hydrogen) atoms. The van der Waals surface area contributed by atoms with E-state index in [1.165, 1.54) is 92.1 Å². The van der Waals surface area contributed by atoms with Gasteiger partial charge in [-0.15, -0.1) is 11.6 Å². The lowest BCUT2D eigenvalue weighted by atomic mass is 10.1. The van der Waals surface area contributed by atoms with E-state index in [-0.39, 0.29) is 50.0 Å². The molecular formula is C32H60ClNO5S4. The number of carbonyl (C=O) groups is 3. The Kier molecular flexibility index (Phi) is 35.0. The Labute approximate surface area is 284 Å². The van der Waals surface area contributed by atoms with Gasteiger partial charge in [0, 0.05) is 35.9 Å². The minimum absolute atomic E-state index is 0.126. The number of amides is 1. The molecule has 0 atom stereocenters. The second-order valence-electron chi connectivity index (χ2n) is 10.6. The predicted octanol–water partition coefficient (Wildman–Crippen LogP) is 9.96. The van der Waals surface area contributed by atoms with Crippen molar-refractivity contribution in [2.75, 3.05) is 55.2 Å². The Bertz CT molecular complexity index is 617. The molecule has 0 fully saturated rings. The van der Waals surface area contributed by atoms with Crippen LogP contribution in [0.2, 0.25) is 0 Å². The van der Waals surface area contributed by atoms with E-state index in [9.17, 15) is 14.4 Å². The molecule has 0 N–H and O–H groups in total. The number of alkyl halides is 1. The van der Waals surface area contributed by atoms with Gasteiger partial charge in [0.15, 0.2) is 0 Å². The number of carbonyl (C=O) groups excluding carboxylic acids is 3. The Morgan fingerprint density at radius 2 is 0.884 bits per heavy atom. The molecule has 0 rings (SSSR count). The smallest absolute Gasteiger partial charge is 0.305 e. The minimum atomic E-state index is -0.258. The quantitative estimate of drug-likeness (QED) is 0.0288. The lowest BCUT2D eigenvalue weighted by Crippen LogP contribution is -2.38. The van der Waals surface area contributed by atoms with Crippen LogP contribution in [0.1, 0.15) is 129 Å². The highest BCUT2D eigenvalue weighted by Gasteiger charge is 2.14. The highest BCUT2D eigenvalue weighted by Crippen LogP contribution is 2.23. The molecular weight excluding hydrogens is 642 g/mol. The monoisotopic (exact) mass is 701 g/mol. The predicted molar refractivity (Wildman–Crippen MR) is 194 cm³/mol. The number of rotatable bonds is 33. The largest absolute Gasteiger partial charge is 0.464 e. The molecule has 254 valence electrons. The number of hydrogen-bond donors (Lipinski definition) is 0. The number of esters is 2. The van der Waals surface area contributed by atoms with Crippen LogP contribution in [0.3, 0.4) is 0 Å².